The van der Waals surface area contributed by atoms with Gasteiger partial charge in [-0.05, 0) is 59.6 Å². The monoisotopic (exact) mass is 441 g/mol. The fourth-order valence-corrected chi connectivity index (χ4v) is 4.74. The second-order valence-corrected chi connectivity index (χ2v) is 10.2. The molecule has 0 saturated carbocycles. The Balaban J connectivity index is 1.51. The second kappa shape index (κ2) is 8.57. The zero-order valence-electron chi connectivity index (χ0n) is 18.9. The van der Waals surface area contributed by atoms with Crippen LogP contribution in [0.1, 0.15) is 56.7 Å². The van der Waals surface area contributed by atoms with Gasteiger partial charge in [-0.15, -0.1) is 0 Å². The molecule has 1 aliphatic rings. The zero-order chi connectivity index (χ0) is 22.2. The van der Waals surface area contributed by atoms with Gasteiger partial charge in [0.2, 0.25) is 5.91 Å². The van der Waals surface area contributed by atoms with Crippen LogP contribution in [0.5, 0.6) is 0 Å². The number of nitrogens with one attached hydrogen (secondary N) is 1. The van der Waals surface area contributed by atoms with E-state index in [1.165, 1.54) is 11.8 Å². The predicted octanol–water partition coefficient (Wildman–Crippen LogP) is 4.65. The van der Waals surface area contributed by atoms with Crippen LogP contribution in [-0.2, 0) is 4.79 Å². The van der Waals surface area contributed by atoms with Crippen molar-refractivity contribution in [2.24, 2.45) is 0 Å². The maximum atomic E-state index is 12.9. The highest BCUT2D eigenvalue weighted by molar-refractivity contribution is 7.99. The van der Waals surface area contributed by atoms with Gasteiger partial charge in [0.15, 0.2) is 0 Å². The number of aryl methyl sites for hydroxylation is 2. The molecular formula is C23H31N5O2S. The van der Waals surface area contributed by atoms with Gasteiger partial charge in [0.1, 0.15) is 17.2 Å². The van der Waals surface area contributed by atoms with E-state index in [0.29, 0.717) is 17.5 Å². The number of hydrogen-bond donors (Lipinski definition) is 1. The molecule has 0 aliphatic carbocycles. The number of carbonyl (C=O) groups excluding carboxylic acids is 1. The van der Waals surface area contributed by atoms with Crippen LogP contribution in [0.2, 0.25) is 0 Å². The third kappa shape index (κ3) is 4.89. The van der Waals surface area contributed by atoms with Crippen molar-refractivity contribution in [2.75, 3.05) is 24.2 Å². The molecule has 31 heavy (non-hydrogen) atoms. The van der Waals surface area contributed by atoms with Gasteiger partial charge >= 0.3 is 0 Å². The number of imidazole rings is 1. The molecule has 4 heterocycles. The van der Waals surface area contributed by atoms with Crippen molar-refractivity contribution >= 4 is 29.1 Å². The van der Waals surface area contributed by atoms with Gasteiger partial charge in [-0.1, -0.05) is 17.8 Å². The molecule has 1 amide bonds. The first-order chi connectivity index (χ1) is 14.7. The normalized spacial score (nSPS) is 17.3. The van der Waals surface area contributed by atoms with E-state index in [-0.39, 0.29) is 17.4 Å². The minimum atomic E-state index is -0.0896. The molecule has 0 aromatic carbocycles. The first-order valence-corrected chi connectivity index (χ1v) is 11.8. The van der Waals surface area contributed by atoms with Crippen LogP contribution in [0.15, 0.2) is 34.0 Å². The Morgan fingerprint density at radius 1 is 1.29 bits per heavy atom. The quantitative estimate of drug-likeness (QED) is 0.581. The van der Waals surface area contributed by atoms with Crippen LogP contribution in [0.25, 0.3) is 5.65 Å². The van der Waals surface area contributed by atoms with Crippen molar-refractivity contribution in [3.63, 3.8) is 0 Å². The highest BCUT2D eigenvalue weighted by atomic mass is 32.2. The lowest BCUT2D eigenvalue weighted by Crippen LogP contribution is -2.40. The second-order valence-electron chi connectivity index (χ2n) is 9.24. The summed E-state index contributed by atoms with van der Waals surface area (Å²) in [6, 6.07) is 6.05. The SMILES string of the molecule is Cc1nc(SCC(=O)N2CCC[C@@H](c3nc4ccccn4c3NC(C)(C)C)C2)oc1C. The van der Waals surface area contributed by atoms with Crippen LogP contribution < -0.4 is 5.32 Å². The van der Waals surface area contributed by atoms with Crippen molar-refractivity contribution in [1.82, 2.24) is 19.3 Å². The molecule has 4 rings (SSSR count). The standard InChI is InChI=1S/C23H31N5O2S/c1-15-16(2)30-22(24-15)31-14-19(29)27-11-8-9-17(13-27)20-21(26-23(3,4)5)28-12-7-6-10-18(28)25-20/h6-7,10,12,17,26H,8-9,11,13-14H2,1-5H3/t17-/m1/s1. The lowest BCUT2D eigenvalue weighted by molar-refractivity contribution is -0.129. The summed E-state index contributed by atoms with van der Waals surface area (Å²) in [5, 5.41) is 4.20. The van der Waals surface area contributed by atoms with E-state index in [2.05, 4.69) is 35.5 Å². The Labute approximate surface area is 187 Å². The number of hydrogen-bond acceptors (Lipinski definition) is 6. The number of fused-ring (bicyclic) bond motifs is 1. The molecule has 0 radical (unpaired) electrons. The number of likely N-dealkylation sites (tertiary alicyclic amines) is 1. The average Bonchev–Trinajstić information content (AvgIpc) is 3.25. The van der Waals surface area contributed by atoms with Gasteiger partial charge in [-0.3, -0.25) is 9.20 Å². The number of carbonyl (C=O) groups is 1. The third-order valence-electron chi connectivity index (χ3n) is 5.54. The molecule has 3 aromatic heterocycles. The van der Waals surface area contributed by atoms with Crippen molar-refractivity contribution in [1.29, 1.82) is 0 Å². The highest BCUT2D eigenvalue weighted by Crippen LogP contribution is 2.34. The Kier molecular flexibility index (Phi) is 6.01. The maximum absolute atomic E-state index is 12.9. The summed E-state index contributed by atoms with van der Waals surface area (Å²) in [6.45, 7) is 11.7. The minimum absolute atomic E-state index is 0.0896. The van der Waals surface area contributed by atoms with E-state index in [9.17, 15) is 4.79 Å². The molecule has 0 unspecified atom stereocenters. The fraction of sp³-hybridized carbons (Fsp3) is 0.522. The Hall–Kier alpha value is -2.48. The van der Waals surface area contributed by atoms with Crippen LogP contribution in [-0.4, -0.2) is 49.6 Å². The Morgan fingerprint density at radius 3 is 2.81 bits per heavy atom. The lowest BCUT2D eigenvalue weighted by Gasteiger charge is -2.33. The molecule has 7 nitrogen and oxygen atoms in total. The number of oxazole rings is 1. The predicted molar refractivity (Wildman–Crippen MR) is 124 cm³/mol. The minimum Gasteiger partial charge on any atom is -0.437 e. The summed E-state index contributed by atoms with van der Waals surface area (Å²) >= 11 is 1.37. The highest BCUT2D eigenvalue weighted by Gasteiger charge is 2.30. The summed E-state index contributed by atoms with van der Waals surface area (Å²) in [5.41, 5.74) is 2.76. The number of piperidine rings is 1. The van der Waals surface area contributed by atoms with Crippen molar-refractivity contribution in [3.05, 3.63) is 41.5 Å². The van der Waals surface area contributed by atoms with Gasteiger partial charge < -0.3 is 14.6 Å². The first kappa shape index (κ1) is 21.7. The fourth-order valence-electron chi connectivity index (χ4n) is 3.92. The van der Waals surface area contributed by atoms with E-state index in [4.69, 9.17) is 9.40 Å². The van der Waals surface area contributed by atoms with Gasteiger partial charge in [-0.25, -0.2) is 9.97 Å². The first-order valence-electron chi connectivity index (χ1n) is 10.8. The molecule has 1 aliphatic heterocycles. The van der Waals surface area contributed by atoms with Crippen LogP contribution >= 0.6 is 11.8 Å². The number of anilines is 1. The number of amides is 1. The Morgan fingerprint density at radius 2 is 2.10 bits per heavy atom. The number of pyridine rings is 1. The van der Waals surface area contributed by atoms with E-state index >= 15 is 0 Å². The van der Waals surface area contributed by atoms with Crippen LogP contribution in [0.3, 0.4) is 0 Å². The average molecular weight is 442 g/mol. The summed E-state index contributed by atoms with van der Waals surface area (Å²) < 4.78 is 7.71. The van der Waals surface area contributed by atoms with E-state index in [1.807, 2.05) is 43.1 Å². The topological polar surface area (TPSA) is 75.7 Å². The largest absolute Gasteiger partial charge is 0.437 e. The molecule has 3 aromatic rings. The third-order valence-corrected chi connectivity index (χ3v) is 6.35. The maximum Gasteiger partial charge on any atom is 0.256 e. The summed E-state index contributed by atoms with van der Waals surface area (Å²) in [6.07, 6.45) is 4.04. The smallest absolute Gasteiger partial charge is 0.256 e. The van der Waals surface area contributed by atoms with Crippen molar-refractivity contribution in [3.8, 4) is 0 Å². The van der Waals surface area contributed by atoms with Crippen molar-refractivity contribution in [2.45, 2.75) is 64.1 Å². The summed E-state index contributed by atoms with van der Waals surface area (Å²) in [7, 11) is 0. The van der Waals surface area contributed by atoms with Gasteiger partial charge in [0.05, 0.1) is 17.1 Å². The van der Waals surface area contributed by atoms with Crippen LogP contribution in [0, 0.1) is 13.8 Å². The molecule has 0 bridgehead atoms. The number of aromatic nitrogens is 3. The summed E-state index contributed by atoms with van der Waals surface area (Å²) in [4.78, 5) is 24.2. The molecule has 1 saturated heterocycles. The molecule has 8 heteroatoms. The number of thioether (sulfide) groups is 1. The Bertz CT molecular complexity index is 1060. The molecule has 0 spiro atoms. The van der Waals surface area contributed by atoms with Crippen molar-refractivity contribution < 1.29 is 9.21 Å². The van der Waals surface area contributed by atoms with Crippen LogP contribution in [0.4, 0.5) is 5.82 Å². The van der Waals surface area contributed by atoms with E-state index in [1.54, 1.807) is 0 Å². The summed E-state index contributed by atoms with van der Waals surface area (Å²) in [5.74, 6) is 2.50. The zero-order valence-corrected chi connectivity index (χ0v) is 19.8. The number of rotatable bonds is 5. The molecular weight excluding hydrogens is 410 g/mol. The van der Waals surface area contributed by atoms with Gasteiger partial charge in [0, 0.05) is 30.7 Å². The molecule has 1 atom stereocenters. The number of nitrogens with zero attached hydrogens (tertiary/aromatic N) is 4. The van der Waals surface area contributed by atoms with Gasteiger partial charge in [-0.2, -0.15) is 0 Å². The molecule has 1 N–H and O–H groups in total. The van der Waals surface area contributed by atoms with E-state index < -0.39 is 0 Å². The van der Waals surface area contributed by atoms with E-state index in [0.717, 1.165) is 48.0 Å². The molecule has 1 fully saturated rings. The molecule has 166 valence electrons. The van der Waals surface area contributed by atoms with Gasteiger partial charge in [0.25, 0.3) is 5.22 Å². The lowest BCUT2D eigenvalue weighted by atomic mass is 9.94.